The van der Waals surface area contributed by atoms with Crippen LogP contribution in [0.1, 0.15) is 24.2 Å². The number of fused-ring (bicyclic) bond motifs is 1. The number of H-pyrrole nitrogens is 1. The Morgan fingerprint density at radius 2 is 2.12 bits per heavy atom. The van der Waals surface area contributed by atoms with E-state index in [1.807, 2.05) is 25.3 Å². The van der Waals surface area contributed by atoms with Crippen molar-refractivity contribution >= 4 is 28.2 Å². The van der Waals surface area contributed by atoms with E-state index in [2.05, 4.69) is 10.3 Å². The standard InChI is InChI=1S/C19H20ClN3O3/c1-12(21-11-19(24)13-3-2-4-15(20)8-13)7-14-10-22-18-9-16(23(25)26)5-6-17(14)18/h2-6,8-10,12,19,21-22,24H,7,11H2,1H3. The van der Waals surface area contributed by atoms with Crippen molar-refractivity contribution in [2.45, 2.75) is 25.5 Å². The van der Waals surface area contributed by atoms with Crippen molar-refractivity contribution in [2.75, 3.05) is 6.54 Å². The van der Waals surface area contributed by atoms with Gasteiger partial charge in [0, 0.05) is 41.3 Å². The number of nitrogens with one attached hydrogen (secondary N) is 2. The Labute approximate surface area is 156 Å². The largest absolute Gasteiger partial charge is 0.387 e. The van der Waals surface area contributed by atoms with E-state index in [0.29, 0.717) is 11.6 Å². The molecule has 0 radical (unpaired) electrons. The lowest BCUT2D eigenvalue weighted by Crippen LogP contribution is -2.32. The van der Waals surface area contributed by atoms with Gasteiger partial charge < -0.3 is 15.4 Å². The first-order chi connectivity index (χ1) is 12.4. The zero-order valence-corrected chi connectivity index (χ0v) is 15.0. The van der Waals surface area contributed by atoms with Crippen molar-refractivity contribution in [3.8, 4) is 0 Å². The van der Waals surface area contributed by atoms with E-state index in [1.54, 1.807) is 24.3 Å². The van der Waals surface area contributed by atoms with E-state index in [4.69, 9.17) is 11.6 Å². The van der Waals surface area contributed by atoms with E-state index in [-0.39, 0.29) is 11.7 Å². The van der Waals surface area contributed by atoms with Gasteiger partial charge in [0.25, 0.3) is 5.69 Å². The number of non-ortho nitro benzene ring substituents is 1. The van der Waals surface area contributed by atoms with Crippen LogP contribution in [-0.4, -0.2) is 27.6 Å². The number of nitrogens with zero attached hydrogens (tertiary/aromatic N) is 1. The molecular weight excluding hydrogens is 354 g/mol. The molecule has 136 valence electrons. The normalized spacial score (nSPS) is 13.7. The highest BCUT2D eigenvalue weighted by Gasteiger charge is 2.14. The molecule has 2 aromatic carbocycles. The molecular formula is C19H20ClN3O3. The van der Waals surface area contributed by atoms with Crippen LogP contribution in [0.4, 0.5) is 5.69 Å². The van der Waals surface area contributed by atoms with Crippen LogP contribution in [0.3, 0.4) is 0 Å². The number of aliphatic hydroxyl groups excluding tert-OH is 1. The lowest BCUT2D eigenvalue weighted by molar-refractivity contribution is -0.384. The molecule has 3 rings (SSSR count). The number of benzene rings is 2. The number of nitro groups is 1. The van der Waals surface area contributed by atoms with E-state index in [1.165, 1.54) is 6.07 Å². The Morgan fingerprint density at radius 1 is 1.31 bits per heavy atom. The van der Waals surface area contributed by atoms with Crippen LogP contribution in [0.5, 0.6) is 0 Å². The molecule has 26 heavy (non-hydrogen) atoms. The number of rotatable bonds is 7. The van der Waals surface area contributed by atoms with Gasteiger partial charge in [0.15, 0.2) is 0 Å². The minimum absolute atomic E-state index is 0.0710. The van der Waals surface area contributed by atoms with E-state index >= 15 is 0 Å². The van der Waals surface area contributed by atoms with Crippen LogP contribution in [-0.2, 0) is 6.42 Å². The lowest BCUT2D eigenvalue weighted by Gasteiger charge is -2.17. The fourth-order valence-corrected chi connectivity index (χ4v) is 3.20. The van der Waals surface area contributed by atoms with Crippen molar-refractivity contribution in [1.29, 1.82) is 0 Å². The van der Waals surface area contributed by atoms with Crippen LogP contribution in [0.25, 0.3) is 10.9 Å². The number of nitro benzene ring substituents is 1. The van der Waals surface area contributed by atoms with Gasteiger partial charge >= 0.3 is 0 Å². The Bertz CT molecular complexity index is 925. The molecule has 0 spiro atoms. The highest BCUT2D eigenvalue weighted by molar-refractivity contribution is 6.30. The molecule has 0 fully saturated rings. The van der Waals surface area contributed by atoms with Gasteiger partial charge in [-0.2, -0.15) is 0 Å². The Kier molecular flexibility index (Phi) is 5.56. The van der Waals surface area contributed by atoms with Crippen molar-refractivity contribution in [3.05, 3.63) is 74.9 Å². The van der Waals surface area contributed by atoms with Gasteiger partial charge in [-0.1, -0.05) is 23.7 Å². The molecule has 3 aromatic rings. The summed E-state index contributed by atoms with van der Waals surface area (Å²) in [6.45, 7) is 2.45. The average molecular weight is 374 g/mol. The maximum atomic E-state index is 10.9. The summed E-state index contributed by atoms with van der Waals surface area (Å²) in [5.41, 5.74) is 2.67. The molecule has 0 aliphatic heterocycles. The molecule has 0 bridgehead atoms. The number of hydrogen-bond donors (Lipinski definition) is 3. The molecule has 2 atom stereocenters. The van der Waals surface area contributed by atoms with Gasteiger partial charge in [0.1, 0.15) is 0 Å². The van der Waals surface area contributed by atoms with E-state index < -0.39 is 11.0 Å². The highest BCUT2D eigenvalue weighted by Crippen LogP contribution is 2.24. The second-order valence-corrected chi connectivity index (χ2v) is 6.82. The summed E-state index contributed by atoms with van der Waals surface area (Å²) in [6.07, 6.45) is 1.97. The second-order valence-electron chi connectivity index (χ2n) is 6.39. The molecule has 1 heterocycles. The molecule has 3 N–H and O–H groups in total. The van der Waals surface area contributed by atoms with E-state index in [9.17, 15) is 15.2 Å². The molecule has 0 amide bonds. The molecule has 0 saturated heterocycles. The number of hydrogen-bond acceptors (Lipinski definition) is 4. The SMILES string of the molecule is CC(Cc1c[nH]c2cc([N+](=O)[O-])ccc12)NCC(O)c1cccc(Cl)c1. The quantitative estimate of drug-likeness (QED) is 0.431. The smallest absolute Gasteiger partial charge is 0.271 e. The van der Waals surface area contributed by atoms with Crippen LogP contribution < -0.4 is 5.32 Å². The third-order valence-electron chi connectivity index (χ3n) is 4.38. The summed E-state index contributed by atoms with van der Waals surface area (Å²) in [5, 5.41) is 26.0. The maximum absolute atomic E-state index is 10.9. The molecule has 0 aliphatic rings. The van der Waals surface area contributed by atoms with Gasteiger partial charge in [-0.05, 0) is 42.7 Å². The van der Waals surface area contributed by atoms with Crippen LogP contribution in [0.2, 0.25) is 5.02 Å². The summed E-state index contributed by atoms with van der Waals surface area (Å²) in [4.78, 5) is 13.6. The summed E-state index contributed by atoms with van der Waals surface area (Å²) >= 11 is 5.96. The third kappa shape index (κ3) is 4.22. The van der Waals surface area contributed by atoms with Crippen molar-refractivity contribution in [3.63, 3.8) is 0 Å². The molecule has 0 saturated carbocycles. The first-order valence-corrected chi connectivity index (χ1v) is 8.73. The Morgan fingerprint density at radius 3 is 2.85 bits per heavy atom. The van der Waals surface area contributed by atoms with Gasteiger partial charge in [0.05, 0.1) is 16.5 Å². The van der Waals surface area contributed by atoms with Crippen molar-refractivity contribution < 1.29 is 10.0 Å². The topological polar surface area (TPSA) is 91.2 Å². The maximum Gasteiger partial charge on any atom is 0.271 e. The highest BCUT2D eigenvalue weighted by atomic mass is 35.5. The summed E-state index contributed by atoms with van der Waals surface area (Å²) in [5.74, 6) is 0. The van der Waals surface area contributed by atoms with Crippen LogP contribution in [0.15, 0.2) is 48.7 Å². The van der Waals surface area contributed by atoms with Crippen LogP contribution in [0, 0.1) is 10.1 Å². The average Bonchev–Trinajstić information content (AvgIpc) is 3.01. The summed E-state index contributed by atoms with van der Waals surface area (Å²) in [7, 11) is 0. The molecule has 1 aromatic heterocycles. The predicted octanol–water partition coefficient (Wildman–Crippen LogP) is 3.98. The third-order valence-corrected chi connectivity index (χ3v) is 4.62. The minimum Gasteiger partial charge on any atom is -0.387 e. The van der Waals surface area contributed by atoms with Gasteiger partial charge in [0.2, 0.25) is 0 Å². The fraction of sp³-hybridized carbons (Fsp3) is 0.263. The molecule has 0 aliphatic carbocycles. The zero-order chi connectivity index (χ0) is 18.7. The van der Waals surface area contributed by atoms with E-state index in [0.717, 1.165) is 28.5 Å². The minimum atomic E-state index is -0.637. The van der Waals surface area contributed by atoms with Gasteiger partial charge in [-0.25, -0.2) is 0 Å². The number of halogens is 1. The van der Waals surface area contributed by atoms with Crippen LogP contribution >= 0.6 is 11.6 Å². The molecule has 2 unspecified atom stereocenters. The first-order valence-electron chi connectivity index (χ1n) is 8.35. The summed E-state index contributed by atoms with van der Waals surface area (Å²) in [6, 6.07) is 12.1. The number of aromatic nitrogens is 1. The van der Waals surface area contributed by atoms with Gasteiger partial charge in [-0.15, -0.1) is 0 Å². The molecule has 7 heteroatoms. The van der Waals surface area contributed by atoms with Crippen molar-refractivity contribution in [2.24, 2.45) is 0 Å². The second kappa shape index (κ2) is 7.86. The zero-order valence-electron chi connectivity index (χ0n) is 14.3. The number of aromatic amines is 1. The first kappa shape index (κ1) is 18.4. The fourth-order valence-electron chi connectivity index (χ4n) is 3.00. The molecule has 6 nitrogen and oxygen atoms in total. The monoisotopic (exact) mass is 373 g/mol. The van der Waals surface area contributed by atoms with Crippen molar-refractivity contribution in [1.82, 2.24) is 10.3 Å². The summed E-state index contributed by atoms with van der Waals surface area (Å²) < 4.78 is 0. The number of aliphatic hydroxyl groups is 1. The Hall–Kier alpha value is -2.41. The Balaban J connectivity index is 1.62. The lowest BCUT2D eigenvalue weighted by atomic mass is 10.0. The predicted molar refractivity (Wildman–Crippen MR) is 103 cm³/mol. The van der Waals surface area contributed by atoms with Gasteiger partial charge in [-0.3, -0.25) is 10.1 Å².